The molecule has 130 valence electrons. The van der Waals surface area contributed by atoms with Crippen LogP contribution >= 0.6 is 34.7 Å². The second-order valence-electron chi connectivity index (χ2n) is 6.91. The molecule has 0 radical (unpaired) electrons. The first-order valence-electron chi connectivity index (χ1n) is 8.56. The first kappa shape index (κ1) is 17.2. The lowest BCUT2D eigenvalue weighted by Crippen LogP contribution is -2.14. The predicted octanol–water partition coefficient (Wildman–Crippen LogP) is 6.06. The molecule has 2 nitrogen and oxygen atoms in total. The first-order valence-corrected chi connectivity index (χ1v) is 10.7. The van der Waals surface area contributed by atoms with Crippen molar-refractivity contribution in [1.82, 2.24) is 0 Å². The number of halogens is 1. The largest absolute Gasteiger partial charge is 0.321 e. The predicted molar refractivity (Wildman–Crippen MR) is 110 cm³/mol. The molecule has 1 amide bonds. The number of benzene rings is 1. The van der Waals surface area contributed by atoms with Crippen LogP contribution in [0.2, 0.25) is 5.02 Å². The summed E-state index contributed by atoms with van der Waals surface area (Å²) in [6.07, 6.45) is 5.74. The topological polar surface area (TPSA) is 29.1 Å². The van der Waals surface area contributed by atoms with Gasteiger partial charge in [0.05, 0.1) is 4.91 Å². The molecule has 1 aliphatic carbocycles. The third-order valence-electron chi connectivity index (χ3n) is 4.94. The van der Waals surface area contributed by atoms with Crippen molar-refractivity contribution in [3.8, 4) is 0 Å². The van der Waals surface area contributed by atoms with Gasteiger partial charge in [-0.3, -0.25) is 4.79 Å². The minimum Gasteiger partial charge on any atom is -0.321 e. The van der Waals surface area contributed by atoms with Crippen LogP contribution in [0.5, 0.6) is 0 Å². The highest BCUT2D eigenvalue weighted by Gasteiger charge is 2.26. The molecular formula is C20H20ClNOS2. The van der Waals surface area contributed by atoms with Gasteiger partial charge in [0.25, 0.3) is 5.91 Å². The van der Waals surface area contributed by atoms with E-state index in [4.69, 9.17) is 11.6 Å². The Morgan fingerprint density at radius 1 is 1.32 bits per heavy atom. The van der Waals surface area contributed by atoms with E-state index in [1.807, 2.05) is 30.4 Å². The lowest BCUT2D eigenvalue weighted by atomic mass is 9.88. The smallest absolute Gasteiger partial charge is 0.262 e. The molecule has 1 N–H and O–H groups in total. The van der Waals surface area contributed by atoms with E-state index in [0.717, 1.165) is 27.8 Å². The van der Waals surface area contributed by atoms with Crippen molar-refractivity contribution in [3.05, 3.63) is 54.6 Å². The number of aryl methyl sites for hydroxylation is 1. The van der Waals surface area contributed by atoms with Crippen LogP contribution in [-0.4, -0.2) is 5.91 Å². The summed E-state index contributed by atoms with van der Waals surface area (Å²) in [6, 6.07) is 5.62. The van der Waals surface area contributed by atoms with Crippen molar-refractivity contribution >= 4 is 52.4 Å². The molecule has 1 aromatic heterocycles. The zero-order valence-electron chi connectivity index (χ0n) is 14.3. The Hall–Kier alpha value is -1.23. The van der Waals surface area contributed by atoms with Crippen molar-refractivity contribution in [1.29, 1.82) is 0 Å². The number of hydrogen-bond acceptors (Lipinski definition) is 3. The van der Waals surface area contributed by atoms with E-state index in [1.54, 1.807) is 23.4 Å². The maximum atomic E-state index is 12.6. The number of carbonyl (C=O) groups excluding carboxylic acids is 1. The summed E-state index contributed by atoms with van der Waals surface area (Å²) in [6.45, 7) is 4.28. The molecule has 1 aromatic carbocycles. The molecular weight excluding hydrogens is 370 g/mol. The Labute approximate surface area is 161 Å². The lowest BCUT2D eigenvalue weighted by Gasteiger charge is -2.20. The SMILES string of the molecule is Cc1ccc(NC(=O)C2=Cc3sc4c(c3CS2)CC[C@@H](C)C4)cc1Cl. The fraction of sp³-hybridized carbons (Fsp3) is 0.350. The van der Waals surface area contributed by atoms with E-state index in [9.17, 15) is 4.79 Å². The van der Waals surface area contributed by atoms with Gasteiger partial charge in [0.15, 0.2) is 0 Å². The summed E-state index contributed by atoms with van der Waals surface area (Å²) in [5.74, 6) is 1.64. The minimum absolute atomic E-state index is 0.0460. The van der Waals surface area contributed by atoms with Crippen LogP contribution in [0.3, 0.4) is 0 Å². The van der Waals surface area contributed by atoms with E-state index in [1.165, 1.54) is 34.6 Å². The highest BCUT2D eigenvalue weighted by Crippen LogP contribution is 2.43. The van der Waals surface area contributed by atoms with Crippen LogP contribution in [0.25, 0.3) is 6.08 Å². The molecule has 2 aliphatic rings. The van der Waals surface area contributed by atoms with Gasteiger partial charge in [0, 0.05) is 26.2 Å². The molecule has 0 fully saturated rings. The molecule has 0 unspecified atom stereocenters. The Morgan fingerprint density at radius 2 is 2.16 bits per heavy atom. The van der Waals surface area contributed by atoms with Gasteiger partial charge in [0.1, 0.15) is 0 Å². The minimum atomic E-state index is -0.0460. The molecule has 0 saturated heterocycles. The van der Waals surface area contributed by atoms with Crippen LogP contribution < -0.4 is 5.32 Å². The van der Waals surface area contributed by atoms with Gasteiger partial charge in [-0.2, -0.15) is 0 Å². The number of rotatable bonds is 2. The standard InChI is InChI=1S/C20H20ClNOS2/c1-11-3-6-14-15-10-24-19(9-18(15)25-17(14)7-11)20(23)22-13-5-4-12(2)16(21)8-13/h4-5,8-9,11H,3,6-7,10H2,1-2H3,(H,22,23)/t11-/m1/s1. The van der Waals surface area contributed by atoms with Gasteiger partial charge >= 0.3 is 0 Å². The van der Waals surface area contributed by atoms with Crippen LogP contribution in [-0.2, 0) is 23.4 Å². The van der Waals surface area contributed by atoms with Gasteiger partial charge in [-0.1, -0.05) is 24.6 Å². The number of nitrogens with one attached hydrogen (secondary N) is 1. The summed E-state index contributed by atoms with van der Waals surface area (Å²) >= 11 is 9.67. The average molecular weight is 390 g/mol. The Kier molecular flexibility index (Phi) is 4.69. The summed E-state index contributed by atoms with van der Waals surface area (Å²) < 4.78 is 0. The van der Waals surface area contributed by atoms with Gasteiger partial charge in [-0.05, 0) is 67.0 Å². The molecule has 0 spiro atoms. The molecule has 4 rings (SSSR count). The van der Waals surface area contributed by atoms with Crippen molar-refractivity contribution < 1.29 is 4.79 Å². The molecule has 1 atom stereocenters. The highest BCUT2D eigenvalue weighted by atomic mass is 35.5. The molecule has 25 heavy (non-hydrogen) atoms. The van der Waals surface area contributed by atoms with Crippen LogP contribution in [0, 0.1) is 12.8 Å². The maximum Gasteiger partial charge on any atom is 0.262 e. The number of thiophene rings is 1. The van der Waals surface area contributed by atoms with E-state index in [-0.39, 0.29) is 5.91 Å². The molecule has 0 saturated carbocycles. The van der Waals surface area contributed by atoms with Crippen molar-refractivity contribution in [2.45, 2.75) is 38.9 Å². The molecule has 2 heterocycles. The van der Waals surface area contributed by atoms with Gasteiger partial charge < -0.3 is 5.32 Å². The van der Waals surface area contributed by atoms with Gasteiger partial charge in [-0.25, -0.2) is 0 Å². The summed E-state index contributed by atoms with van der Waals surface area (Å²) in [4.78, 5) is 16.2. The number of amides is 1. The fourth-order valence-corrected chi connectivity index (χ4v) is 6.25. The van der Waals surface area contributed by atoms with Crippen LogP contribution in [0.1, 0.15) is 39.8 Å². The zero-order valence-corrected chi connectivity index (χ0v) is 16.7. The number of fused-ring (bicyclic) bond motifs is 3. The van der Waals surface area contributed by atoms with Crippen molar-refractivity contribution in [3.63, 3.8) is 0 Å². The molecule has 5 heteroatoms. The number of carbonyl (C=O) groups is 1. The summed E-state index contributed by atoms with van der Waals surface area (Å²) in [7, 11) is 0. The molecule has 2 aromatic rings. The Bertz CT molecular complexity index is 884. The quantitative estimate of drug-likeness (QED) is 0.676. The van der Waals surface area contributed by atoms with Gasteiger partial charge in [0.2, 0.25) is 0 Å². The fourth-order valence-electron chi connectivity index (χ4n) is 3.42. The van der Waals surface area contributed by atoms with Crippen molar-refractivity contribution in [2.75, 3.05) is 5.32 Å². The summed E-state index contributed by atoms with van der Waals surface area (Å²) in [5, 5.41) is 3.64. The van der Waals surface area contributed by atoms with E-state index >= 15 is 0 Å². The normalized spacial score (nSPS) is 19.0. The second-order valence-corrected chi connectivity index (χ2v) is 9.47. The first-order chi connectivity index (χ1) is 12.0. The van der Waals surface area contributed by atoms with Gasteiger partial charge in [-0.15, -0.1) is 23.1 Å². The van der Waals surface area contributed by atoms with Crippen LogP contribution in [0.15, 0.2) is 23.1 Å². The molecule has 1 aliphatic heterocycles. The third-order valence-corrected chi connectivity index (χ3v) is 7.64. The van der Waals surface area contributed by atoms with Crippen molar-refractivity contribution in [2.24, 2.45) is 5.92 Å². The number of hydrogen-bond donors (Lipinski definition) is 1. The molecule has 0 bridgehead atoms. The van der Waals surface area contributed by atoms with E-state index < -0.39 is 0 Å². The number of thioether (sulfide) groups is 1. The van der Waals surface area contributed by atoms with E-state index in [0.29, 0.717) is 5.02 Å². The van der Waals surface area contributed by atoms with Crippen LogP contribution in [0.4, 0.5) is 5.69 Å². The summed E-state index contributed by atoms with van der Waals surface area (Å²) in [5.41, 5.74) is 4.78. The maximum absolute atomic E-state index is 12.6. The second kappa shape index (κ2) is 6.82. The lowest BCUT2D eigenvalue weighted by molar-refractivity contribution is -0.112. The average Bonchev–Trinajstić information content (AvgIpc) is 2.94. The highest BCUT2D eigenvalue weighted by molar-refractivity contribution is 8.03. The zero-order chi connectivity index (χ0) is 17.6. The Morgan fingerprint density at radius 3 is 2.96 bits per heavy atom. The monoisotopic (exact) mass is 389 g/mol. The van der Waals surface area contributed by atoms with E-state index in [2.05, 4.69) is 18.3 Å². The third kappa shape index (κ3) is 3.40. The Balaban J connectivity index is 1.56. The number of anilines is 1.